The van der Waals surface area contributed by atoms with Crippen molar-refractivity contribution in [1.29, 1.82) is 0 Å². The summed E-state index contributed by atoms with van der Waals surface area (Å²) in [6, 6.07) is 0. The summed E-state index contributed by atoms with van der Waals surface area (Å²) < 4.78 is 18.8. The van der Waals surface area contributed by atoms with Crippen molar-refractivity contribution < 1.29 is 19.3 Å². The molecule has 124 valence electrons. The molecule has 0 bridgehead atoms. The lowest BCUT2D eigenvalue weighted by molar-refractivity contribution is -0.216. The second kappa shape index (κ2) is 6.23. The highest BCUT2D eigenvalue weighted by atomic mass is 16.8. The van der Waals surface area contributed by atoms with E-state index >= 15 is 0 Å². The van der Waals surface area contributed by atoms with Crippen LogP contribution in [0.1, 0.15) is 45.7 Å². The number of rotatable bonds is 6. The number of hydrogen-bond acceptors (Lipinski definition) is 6. The number of fused-ring (bicyclic) bond motifs is 1. The maximum atomic E-state index is 10.3. The summed E-state index contributed by atoms with van der Waals surface area (Å²) in [6.07, 6.45) is 4.31. The summed E-state index contributed by atoms with van der Waals surface area (Å²) in [5.41, 5.74) is 0.981. The van der Waals surface area contributed by atoms with Crippen LogP contribution >= 0.6 is 0 Å². The zero-order chi connectivity index (χ0) is 15.7. The molecule has 1 aromatic heterocycles. The molecule has 7 nitrogen and oxygen atoms in total. The molecule has 3 heterocycles. The van der Waals surface area contributed by atoms with E-state index in [2.05, 4.69) is 17.2 Å². The Morgan fingerprint density at radius 1 is 1.32 bits per heavy atom. The minimum atomic E-state index is -0.723. The van der Waals surface area contributed by atoms with E-state index in [1.165, 1.54) is 12.8 Å². The fourth-order valence-electron chi connectivity index (χ4n) is 2.99. The second-order valence-electron chi connectivity index (χ2n) is 6.52. The molecule has 7 heteroatoms. The van der Waals surface area contributed by atoms with Crippen molar-refractivity contribution in [3.63, 3.8) is 0 Å². The molecular weight excluding hydrogens is 286 g/mol. The standard InChI is InChI=1S/C15H25N3O4/c1-4-5-6-7-10-8-18(17-16-10)9-11-12(19)13-14(20-11)22-15(2,3)21-13/h8,11-14,19H,4-7,9H2,1-3H3/t11-,12+,13-,14-/m1/s1. The Morgan fingerprint density at radius 2 is 2.14 bits per heavy atom. The van der Waals surface area contributed by atoms with Crippen LogP contribution in [-0.4, -0.2) is 50.5 Å². The molecule has 0 unspecified atom stereocenters. The van der Waals surface area contributed by atoms with Gasteiger partial charge in [-0.2, -0.15) is 0 Å². The van der Waals surface area contributed by atoms with Crippen molar-refractivity contribution in [1.82, 2.24) is 15.0 Å². The van der Waals surface area contributed by atoms with Crippen LogP contribution in [0.25, 0.3) is 0 Å². The lowest BCUT2D eigenvalue weighted by Gasteiger charge is -2.22. The van der Waals surface area contributed by atoms with Crippen LogP contribution in [0.2, 0.25) is 0 Å². The molecule has 1 aromatic rings. The van der Waals surface area contributed by atoms with Gasteiger partial charge in [0.05, 0.1) is 12.2 Å². The highest BCUT2D eigenvalue weighted by Gasteiger charge is 2.54. The topological polar surface area (TPSA) is 78.6 Å². The van der Waals surface area contributed by atoms with Gasteiger partial charge in [0.2, 0.25) is 0 Å². The van der Waals surface area contributed by atoms with E-state index in [0.29, 0.717) is 6.54 Å². The number of aliphatic hydroxyl groups excluding tert-OH is 1. The summed E-state index contributed by atoms with van der Waals surface area (Å²) in [6.45, 7) is 6.26. The normalized spacial score (nSPS) is 33.3. The van der Waals surface area contributed by atoms with E-state index in [1.807, 2.05) is 20.0 Å². The fourth-order valence-corrected chi connectivity index (χ4v) is 2.99. The van der Waals surface area contributed by atoms with Crippen LogP contribution in [-0.2, 0) is 27.2 Å². The van der Waals surface area contributed by atoms with Crippen LogP contribution in [0.15, 0.2) is 6.20 Å². The molecule has 0 aromatic carbocycles. The van der Waals surface area contributed by atoms with Crippen LogP contribution in [0.3, 0.4) is 0 Å². The number of aryl methyl sites for hydroxylation is 1. The number of nitrogens with zero attached hydrogens (tertiary/aromatic N) is 3. The summed E-state index contributed by atoms with van der Waals surface area (Å²) in [4.78, 5) is 0. The van der Waals surface area contributed by atoms with Gasteiger partial charge in [0.25, 0.3) is 0 Å². The molecule has 3 rings (SSSR count). The molecule has 4 atom stereocenters. The highest BCUT2D eigenvalue weighted by molar-refractivity contribution is 4.96. The maximum absolute atomic E-state index is 10.3. The van der Waals surface area contributed by atoms with Crippen molar-refractivity contribution in [3.8, 4) is 0 Å². The van der Waals surface area contributed by atoms with Gasteiger partial charge in [-0.15, -0.1) is 5.10 Å². The van der Waals surface area contributed by atoms with Crippen LogP contribution in [0.4, 0.5) is 0 Å². The first-order valence-corrected chi connectivity index (χ1v) is 8.06. The van der Waals surface area contributed by atoms with Gasteiger partial charge in [-0.25, -0.2) is 4.68 Å². The molecule has 1 N–H and O–H groups in total. The molecule has 0 radical (unpaired) electrons. The predicted molar refractivity (Wildman–Crippen MR) is 78.0 cm³/mol. The molecule has 22 heavy (non-hydrogen) atoms. The minimum Gasteiger partial charge on any atom is -0.387 e. The quantitative estimate of drug-likeness (QED) is 0.797. The first-order valence-electron chi connectivity index (χ1n) is 8.06. The first-order chi connectivity index (χ1) is 10.5. The zero-order valence-electron chi connectivity index (χ0n) is 13.4. The third-order valence-electron chi connectivity index (χ3n) is 4.10. The summed E-state index contributed by atoms with van der Waals surface area (Å²) in [5.74, 6) is -0.707. The Kier molecular flexibility index (Phi) is 4.49. The predicted octanol–water partition coefficient (Wildman–Crippen LogP) is 1.25. The van der Waals surface area contributed by atoms with Crippen molar-refractivity contribution in [2.24, 2.45) is 0 Å². The summed E-state index contributed by atoms with van der Waals surface area (Å²) in [5, 5.41) is 18.6. The molecule has 2 fully saturated rings. The third kappa shape index (κ3) is 3.32. The molecule has 0 saturated carbocycles. The Hall–Kier alpha value is -1.02. The van der Waals surface area contributed by atoms with Gasteiger partial charge >= 0.3 is 0 Å². The van der Waals surface area contributed by atoms with Gasteiger partial charge in [-0.1, -0.05) is 25.0 Å². The molecule has 0 spiro atoms. The molecular formula is C15H25N3O4. The monoisotopic (exact) mass is 311 g/mol. The third-order valence-corrected chi connectivity index (χ3v) is 4.10. The smallest absolute Gasteiger partial charge is 0.190 e. The van der Waals surface area contributed by atoms with E-state index in [0.717, 1.165) is 18.5 Å². The lowest BCUT2D eigenvalue weighted by atomic mass is 10.1. The molecule has 0 aliphatic carbocycles. The lowest BCUT2D eigenvalue weighted by Crippen LogP contribution is -2.36. The SMILES string of the molecule is CCCCCc1cn(C[C@H]2O[C@@H]3OC(C)(C)O[C@@H]3[C@H]2O)nn1. The zero-order valence-corrected chi connectivity index (χ0v) is 13.4. The Labute approximate surface area is 130 Å². The average Bonchev–Trinajstić information content (AvgIpc) is 3.08. The van der Waals surface area contributed by atoms with Crippen molar-refractivity contribution in [3.05, 3.63) is 11.9 Å². The van der Waals surface area contributed by atoms with Crippen LogP contribution in [0, 0.1) is 0 Å². The van der Waals surface area contributed by atoms with Crippen LogP contribution < -0.4 is 0 Å². The van der Waals surface area contributed by atoms with E-state index in [1.54, 1.807) is 4.68 Å². The summed E-state index contributed by atoms with van der Waals surface area (Å²) >= 11 is 0. The van der Waals surface area contributed by atoms with Gasteiger partial charge in [-0.05, 0) is 26.7 Å². The molecule has 2 saturated heterocycles. The van der Waals surface area contributed by atoms with E-state index in [4.69, 9.17) is 14.2 Å². The van der Waals surface area contributed by atoms with Gasteiger partial charge in [0.15, 0.2) is 12.1 Å². The Bertz CT molecular complexity index is 505. The number of aromatic nitrogens is 3. The van der Waals surface area contributed by atoms with Gasteiger partial charge in [0.1, 0.15) is 18.3 Å². The number of ether oxygens (including phenoxy) is 3. The number of hydrogen-bond donors (Lipinski definition) is 1. The summed E-state index contributed by atoms with van der Waals surface area (Å²) in [7, 11) is 0. The van der Waals surface area contributed by atoms with Gasteiger partial charge in [0, 0.05) is 6.20 Å². The van der Waals surface area contributed by atoms with Crippen molar-refractivity contribution in [2.45, 2.75) is 83.4 Å². The Morgan fingerprint density at radius 3 is 2.86 bits per heavy atom. The van der Waals surface area contributed by atoms with E-state index in [-0.39, 0.29) is 0 Å². The maximum Gasteiger partial charge on any atom is 0.190 e. The molecule has 0 amide bonds. The van der Waals surface area contributed by atoms with E-state index in [9.17, 15) is 5.11 Å². The number of aliphatic hydroxyl groups is 1. The van der Waals surface area contributed by atoms with Crippen LogP contribution in [0.5, 0.6) is 0 Å². The molecule has 2 aliphatic rings. The first kappa shape index (κ1) is 15.9. The number of unbranched alkanes of at least 4 members (excludes halogenated alkanes) is 2. The van der Waals surface area contributed by atoms with Crippen molar-refractivity contribution in [2.75, 3.05) is 0 Å². The van der Waals surface area contributed by atoms with Gasteiger partial charge in [-0.3, -0.25) is 0 Å². The van der Waals surface area contributed by atoms with Gasteiger partial charge < -0.3 is 19.3 Å². The largest absolute Gasteiger partial charge is 0.387 e. The second-order valence-corrected chi connectivity index (χ2v) is 6.52. The fraction of sp³-hybridized carbons (Fsp3) is 0.867. The minimum absolute atomic E-state index is 0.392. The molecule has 2 aliphatic heterocycles. The Balaban J connectivity index is 1.54. The average molecular weight is 311 g/mol. The van der Waals surface area contributed by atoms with E-state index < -0.39 is 30.4 Å². The van der Waals surface area contributed by atoms with Crippen molar-refractivity contribution >= 4 is 0 Å². The highest BCUT2D eigenvalue weighted by Crippen LogP contribution is 2.37.